The third kappa shape index (κ3) is 4.45. The Labute approximate surface area is 170 Å². The van der Waals surface area contributed by atoms with Gasteiger partial charge in [-0.1, -0.05) is 48.0 Å². The number of hydrogen-bond donors (Lipinski definition) is 0. The van der Waals surface area contributed by atoms with Crippen LogP contribution in [0.4, 0.5) is 0 Å². The van der Waals surface area contributed by atoms with E-state index in [-0.39, 0.29) is 5.91 Å². The van der Waals surface area contributed by atoms with Crippen molar-refractivity contribution in [3.8, 4) is 0 Å². The zero-order valence-electron chi connectivity index (χ0n) is 15.4. The van der Waals surface area contributed by atoms with Crippen LogP contribution in [0.15, 0.2) is 52.9 Å². The lowest BCUT2D eigenvalue weighted by Gasteiger charge is -2.47. The predicted octanol–water partition coefficient (Wildman–Crippen LogP) is 4.95. The Kier molecular flexibility index (Phi) is 5.96. The lowest BCUT2D eigenvalue weighted by Crippen LogP contribution is -2.55. The monoisotopic (exact) mass is 400 g/mol. The van der Waals surface area contributed by atoms with Crippen LogP contribution in [0.1, 0.15) is 34.5 Å². The van der Waals surface area contributed by atoms with E-state index in [0.717, 1.165) is 48.1 Å². The number of rotatable bonds is 4. The molecule has 0 radical (unpaired) electrons. The van der Waals surface area contributed by atoms with Crippen molar-refractivity contribution < 1.29 is 4.79 Å². The van der Waals surface area contributed by atoms with Crippen LogP contribution >= 0.6 is 22.9 Å². The molecule has 1 aromatic carbocycles. The van der Waals surface area contributed by atoms with E-state index in [0.29, 0.717) is 12.0 Å². The SMILES string of the molecule is O=C(c1cccs1)N1CC[C@H]2[C@H](CCCN2C/C(Cl)=C/c2ccccc2)C1. The van der Waals surface area contributed by atoms with Gasteiger partial charge in [0.15, 0.2) is 0 Å². The quantitative estimate of drug-likeness (QED) is 0.724. The van der Waals surface area contributed by atoms with Crippen molar-refractivity contribution in [2.75, 3.05) is 26.2 Å². The topological polar surface area (TPSA) is 23.6 Å². The molecule has 5 heteroatoms. The molecule has 1 amide bonds. The van der Waals surface area contributed by atoms with E-state index in [1.807, 2.05) is 35.7 Å². The Hall–Kier alpha value is -1.62. The number of benzene rings is 1. The average Bonchev–Trinajstić information content (AvgIpc) is 3.23. The minimum Gasteiger partial charge on any atom is -0.338 e. The zero-order valence-corrected chi connectivity index (χ0v) is 17.0. The van der Waals surface area contributed by atoms with Crippen LogP contribution in [0.2, 0.25) is 0 Å². The summed E-state index contributed by atoms with van der Waals surface area (Å²) in [6.45, 7) is 3.61. The first kappa shape index (κ1) is 18.7. The van der Waals surface area contributed by atoms with E-state index in [1.165, 1.54) is 24.2 Å². The lowest BCUT2D eigenvalue weighted by atomic mass is 9.83. The molecule has 0 aliphatic carbocycles. The molecule has 0 unspecified atom stereocenters. The van der Waals surface area contributed by atoms with Gasteiger partial charge in [0.1, 0.15) is 0 Å². The van der Waals surface area contributed by atoms with Gasteiger partial charge in [0.25, 0.3) is 5.91 Å². The molecule has 2 aromatic rings. The maximum atomic E-state index is 12.7. The van der Waals surface area contributed by atoms with Crippen molar-refractivity contribution in [2.45, 2.75) is 25.3 Å². The fourth-order valence-electron chi connectivity index (χ4n) is 4.41. The van der Waals surface area contributed by atoms with Crippen molar-refractivity contribution in [1.82, 2.24) is 9.80 Å². The molecular weight excluding hydrogens is 376 g/mol. The van der Waals surface area contributed by atoms with Gasteiger partial charge in [0, 0.05) is 30.7 Å². The summed E-state index contributed by atoms with van der Waals surface area (Å²) in [5, 5.41) is 2.86. The smallest absolute Gasteiger partial charge is 0.263 e. The van der Waals surface area contributed by atoms with Gasteiger partial charge in [-0.3, -0.25) is 9.69 Å². The number of carbonyl (C=O) groups excluding carboxylic acids is 1. The molecule has 2 saturated heterocycles. The van der Waals surface area contributed by atoms with E-state index in [4.69, 9.17) is 11.6 Å². The van der Waals surface area contributed by atoms with Crippen LogP contribution < -0.4 is 0 Å². The van der Waals surface area contributed by atoms with Gasteiger partial charge in [-0.15, -0.1) is 11.3 Å². The molecule has 0 saturated carbocycles. The molecule has 4 rings (SSSR count). The molecule has 2 aliphatic heterocycles. The minimum absolute atomic E-state index is 0.197. The Bertz CT molecular complexity index is 790. The molecule has 27 heavy (non-hydrogen) atoms. The van der Waals surface area contributed by atoms with Gasteiger partial charge >= 0.3 is 0 Å². The van der Waals surface area contributed by atoms with Crippen molar-refractivity contribution in [3.05, 3.63) is 63.3 Å². The highest BCUT2D eigenvalue weighted by Gasteiger charge is 2.37. The van der Waals surface area contributed by atoms with Gasteiger partial charge < -0.3 is 4.90 Å². The number of likely N-dealkylation sites (tertiary alicyclic amines) is 2. The molecule has 1 aromatic heterocycles. The first-order valence-electron chi connectivity index (χ1n) is 9.68. The fourth-order valence-corrected chi connectivity index (χ4v) is 5.38. The molecule has 142 valence electrons. The maximum absolute atomic E-state index is 12.7. The molecule has 0 N–H and O–H groups in total. The van der Waals surface area contributed by atoms with E-state index >= 15 is 0 Å². The number of nitrogens with zero attached hydrogens (tertiary/aromatic N) is 2. The molecule has 3 heterocycles. The number of amides is 1. The van der Waals surface area contributed by atoms with Crippen LogP contribution in [-0.4, -0.2) is 47.9 Å². The number of fused-ring (bicyclic) bond motifs is 1. The summed E-state index contributed by atoms with van der Waals surface area (Å²) in [7, 11) is 0. The van der Waals surface area contributed by atoms with Gasteiger partial charge in [-0.25, -0.2) is 0 Å². The van der Waals surface area contributed by atoms with Gasteiger partial charge in [0.05, 0.1) is 4.88 Å². The van der Waals surface area contributed by atoms with Crippen LogP contribution in [0.25, 0.3) is 6.08 Å². The summed E-state index contributed by atoms with van der Waals surface area (Å²) in [6.07, 6.45) is 5.49. The van der Waals surface area contributed by atoms with Crippen molar-refractivity contribution in [2.24, 2.45) is 5.92 Å². The molecule has 0 bridgehead atoms. The summed E-state index contributed by atoms with van der Waals surface area (Å²) in [4.78, 5) is 18.1. The van der Waals surface area contributed by atoms with Crippen LogP contribution in [0.3, 0.4) is 0 Å². The third-order valence-electron chi connectivity index (χ3n) is 5.68. The minimum atomic E-state index is 0.197. The normalized spacial score (nSPS) is 23.9. The van der Waals surface area contributed by atoms with E-state index in [2.05, 4.69) is 28.0 Å². The summed E-state index contributed by atoms with van der Waals surface area (Å²) < 4.78 is 0. The van der Waals surface area contributed by atoms with Crippen molar-refractivity contribution in [1.29, 1.82) is 0 Å². The number of piperidine rings is 2. The Morgan fingerprint density at radius 2 is 2.00 bits per heavy atom. The highest BCUT2D eigenvalue weighted by Crippen LogP contribution is 2.32. The van der Waals surface area contributed by atoms with Crippen molar-refractivity contribution >= 4 is 34.9 Å². The second kappa shape index (κ2) is 8.59. The molecule has 2 fully saturated rings. The van der Waals surface area contributed by atoms with Gasteiger partial charge in [0.2, 0.25) is 0 Å². The summed E-state index contributed by atoms with van der Waals surface area (Å²) >= 11 is 8.12. The maximum Gasteiger partial charge on any atom is 0.263 e. The van der Waals surface area contributed by atoms with Crippen molar-refractivity contribution in [3.63, 3.8) is 0 Å². The molecule has 2 aliphatic rings. The zero-order chi connectivity index (χ0) is 18.6. The van der Waals surface area contributed by atoms with E-state index < -0.39 is 0 Å². The second-order valence-corrected chi connectivity index (χ2v) is 8.89. The number of hydrogen-bond acceptors (Lipinski definition) is 3. The van der Waals surface area contributed by atoms with Crippen LogP contribution in [0.5, 0.6) is 0 Å². The Morgan fingerprint density at radius 1 is 1.15 bits per heavy atom. The largest absolute Gasteiger partial charge is 0.338 e. The number of halogens is 1. The van der Waals surface area contributed by atoms with Crippen LogP contribution in [-0.2, 0) is 0 Å². The summed E-state index contributed by atoms with van der Waals surface area (Å²) in [6, 6.07) is 14.7. The highest BCUT2D eigenvalue weighted by atomic mass is 35.5. The first-order chi connectivity index (χ1) is 13.2. The van der Waals surface area contributed by atoms with Gasteiger partial charge in [-0.05, 0) is 54.8 Å². The summed E-state index contributed by atoms with van der Waals surface area (Å²) in [5.74, 6) is 0.750. The lowest BCUT2D eigenvalue weighted by molar-refractivity contribution is 0.0259. The van der Waals surface area contributed by atoms with E-state index in [1.54, 1.807) is 0 Å². The Balaban J connectivity index is 1.40. The number of thiophene rings is 1. The standard InChI is InChI=1S/C22H25ClN2OS/c23-19(14-17-6-2-1-3-7-17)16-24-11-4-8-18-15-25(12-10-20(18)24)22(26)21-9-5-13-27-21/h1-3,5-7,9,13-14,18,20H,4,8,10-12,15-16H2/b19-14-/t18-,20+/m1/s1. The Morgan fingerprint density at radius 3 is 2.78 bits per heavy atom. The summed E-state index contributed by atoms with van der Waals surface area (Å²) in [5.41, 5.74) is 1.15. The second-order valence-electron chi connectivity index (χ2n) is 7.46. The molecule has 3 nitrogen and oxygen atoms in total. The number of carbonyl (C=O) groups is 1. The third-order valence-corrected chi connectivity index (χ3v) is 6.77. The molecular formula is C22H25ClN2OS. The first-order valence-corrected chi connectivity index (χ1v) is 10.9. The molecule has 2 atom stereocenters. The predicted molar refractivity (Wildman–Crippen MR) is 113 cm³/mol. The van der Waals surface area contributed by atoms with Crippen LogP contribution in [0, 0.1) is 5.92 Å². The van der Waals surface area contributed by atoms with E-state index in [9.17, 15) is 4.79 Å². The average molecular weight is 401 g/mol. The fraction of sp³-hybridized carbons (Fsp3) is 0.409. The highest BCUT2D eigenvalue weighted by molar-refractivity contribution is 7.12. The molecule has 0 spiro atoms. The van der Waals surface area contributed by atoms with Gasteiger partial charge in [-0.2, -0.15) is 0 Å².